The molecule has 2 aromatic carbocycles. The third-order valence-electron chi connectivity index (χ3n) is 3.48. The summed E-state index contributed by atoms with van der Waals surface area (Å²) in [5, 5.41) is 0. The van der Waals surface area contributed by atoms with Gasteiger partial charge in [-0.15, -0.1) is 0 Å². The summed E-state index contributed by atoms with van der Waals surface area (Å²) in [6, 6.07) is 9.69. The van der Waals surface area contributed by atoms with E-state index in [1.54, 1.807) is 18.2 Å². The smallest absolute Gasteiger partial charge is 0.167 e. The van der Waals surface area contributed by atoms with Crippen molar-refractivity contribution >= 4 is 0 Å². The monoisotopic (exact) mass is 309 g/mol. The first-order valence-corrected chi connectivity index (χ1v) is 7.14. The Kier molecular flexibility index (Phi) is 5.83. The van der Waals surface area contributed by atoms with Crippen LogP contribution >= 0.6 is 0 Å². The third kappa shape index (κ3) is 4.24. The fraction of sp³-hybridized carbons (Fsp3) is 0.294. The average Bonchev–Trinajstić information content (AvgIpc) is 2.50. The fourth-order valence-corrected chi connectivity index (χ4v) is 2.31. The molecule has 0 bridgehead atoms. The van der Waals surface area contributed by atoms with Gasteiger partial charge in [0.15, 0.2) is 11.6 Å². The zero-order chi connectivity index (χ0) is 15.9. The van der Waals surface area contributed by atoms with Crippen LogP contribution in [-0.2, 0) is 0 Å². The Hall–Kier alpha value is -2.01. The number of halogens is 3. The summed E-state index contributed by atoms with van der Waals surface area (Å²) >= 11 is 0. The number of benzene rings is 2. The molecule has 0 amide bonds. The topological polar surface area (TPSA) is 35.2 Å². The van der Waals surface area contributed by atoms with E-state index in [0.717, 1.165) is 12.1 Å². The molecule has 1 unspecified atom stereocenters. The quantitative estimate of drug-likeness (QED) is 0.784. The van der Waals surface area contributed by atoms with E-state index in [1.165, 1.54) is 12.1 Å². The van der Waals surface area contributed by atoms with Gasteiger partial charge in [-0.1, -0.05) is 18.2 Å². The lowest BCUT2D eigenvalue weighted by atomic mass is 9.94. The van der Waals surface area contributed by atoms with Crippen LogP contribution in [0.5, 0.6) is 5.75 Å². The minimum Gasteiger partial charge on any atom is -0.491 e. The Bertz CT molecular complexity index is 619. The Labute approximate surface area is 127 Å². The molecule has 5 heteroatoms. The van der Waals surface area contributed by atoms with E-state index in [2.05, 4.69) is 0 Å². The maximum Gasteiger partial charge on any atom is 0.167 e. The van der Waals surface area contributed by atoms with Gasteiger partial charge in [0.25, 0.3) is 0 Å². The molecule has 2 aromatic rings. The second-order valence-corrected chi connectivity index (χ2v) is 5.02. The normalized spacial score (nSPS) is 12.2. The lowest BCUT2D eigenvalue weighted by Crippen LogP contribution is -2.15. The molecule has 2 N–H and O–H groups in total. The van der Waals surface area contributed by atoms with Crippen LogP contribution in [0.3, 0.4) is 0 Å². The molecule has 1 atom stereocenters. The highest BCUT2D eigenvalue weighted by Gasteiger charge is 2.14. The van der Waals surface area contributed by atoms with Gasteiger partial charge < -0.3 is 10.5 Å². The standard InChI is InChI=1S/C17H18F3NO/c18-13-7-8-17(16(20)10-13)22-9-3-4-12(11-21)14-5-1-2-6-15(14)19/h1-2,5-8,10,12H,3-4,9,11,21H2. The van der Waals surface area contributed by atoms with Gasteiger partial charge in [0.05, 0.1) is 6.61 Å². The average molecular weight is 309 g/mol. The Balaban J connectivity index is 1.86. The van der Waals surface area contributed by atoms with Crippen LogP contribution in [0.15, 0.2) is 42.5 Å². The lowest BCUT2D eigenvalue weighted by Gasteiger charge is -2.16. The molecule has 0 aliphatic heterocycles. The summed E-state index contributed by atoms with van der Waals surface area (Å²) in [5.74, 6) is -1.75. The van der Waals surface area contributed by atoms with Crippen molar-refractivity contribution in [1.82, 2.24) is 0 Å². The van der Waals surface area contributed by atoms with Crippen molar-refractivity contribution in [2.45, 2.75) is 18.8 Å². The maximum atomic E-state index is 13.7. The molecule has 0 spiro atoms. The van der Waals surface area contributed by atoms with Gasteiger partial charge in [-0.3, -0.25) is 0 Å². The molecular weight excluding hydrogens is 291 g/mol. The molecule has 0 fully saturated rings. The van der Waals surface area contributed by atoms with Gasteiger partial charge in [0.1, 0.15) is 11.6 Å². The van der Waals surface area contributed by atoms with Crippen molar-refractivity contribution in [2.24, 2.45) is 5.73 Å². The summed E-state index contributed by atoms with van der Waals surface area (Å²) < 4.78 is 45.2. The van der Waals surface area contributed by atoms with Crippen LogP contribution in [0.4, 0.5) is 13.2 Å². The molecule has 0 aliphatic rings. The molecule has 0 heterocycles. The van der Waals surface area contributed by atoms with Crippen molar-refractivity contribution in [3.8, 4) is 5.75 Å². The van der Waals surface area contributed by atoms with Gasteiger partial charge in [-0.25, -0.2) is 13.2 Å². The fourth-order valence-electron chi connectivity index (χ4n) is 2.31. The van der Waals surface area contributed by atoms with Crippen molar-refractivity contribution < 1.29 is 17.9 Å². The third-order valence-corrected chi connectivity index (χ3v) is 3.48. The Morgan fingerprint density at radius 2 is 1.77 bits per heavy atom. The van der Waals surface area contributed by atoms with E-state index in [0.29, 0.717) is 24.9 Å². The molecule has 22 heavy (non-hydrogen) atoms. The zero-order valence-electron chi connectivity index (χ0n) is 12.1. The number of ether oxygens (including phenoxy) is 1. The van der Waals surface area contributed by atoms with Gasteiger partial charge in [0, 0.05) is 6.07 Å². The van der Waals surface area contributed by atoms with Gasteiger partial charge in [-0.05, 0) is 49.1 Å². The van der Waals surface area contributed by atoms with Crippen LogP contribution < -0.4 is 10.5 Å². The predicted molar refractivity (Wildman–Crippen MR) is 79.3 cm³/mol. The maximum absolute atomic E-state index is 13.7. The summed E-state index contributed by atoms with van der Waals surface area (Å²) in [5.41, 5.74) is 6.28. The van der Waals surface area contributed by atoms with Crippen LogP contribution in [0.25, 0.3) is 0 Å². The second kappa shape index (κ2) is 7.84. The molecule has 0 saturated heterocycles. The first-order valence-electron chi connectivity index (χ1n) is 7.14. The molecule has 0 aromatic heterocycles. The molecule has 0 aliphatic carbocycles. The highest BCUT2D eigenvalue weighted by molar-refractivity contribution is 5.24. The van der Waals surface area contributed by atoms with Gasteiger partial charge in [-0.2, -0.15) is 0 Å². The van der Waals surface area contributed by atoms with Crippen molar-refractivity contribution in [1.29, 1.82) is 0 Å². The van der Waals surface area contributed by atoms with Gasteiger partial charge >= 0.3 is 0 Å². The van der Waals surface area contributed by atoms with E-state index in [4.69, 9.17) is 10.5 Å². The number of nitrogens with two attached hydrogens (primary N) is 1. The van der Waals surface area contributed by atoms with Crippen molar-refractivity contribution in [3.63, 3.8) is 0 Å². The van der Waals surface area contributed by atoms with E-state index >= 15 is 0 Å². The van der Waals surface area contributed by atoms with Crippen LogP contribution in [0.1, 0.15) is 24.3 Å². The molecule has 2 nitrogen and oxygen atoms in total. The highest BCUT2D eigenvalue weighted by Crippen LogP contribution is 2.23. The molecular formula is C17H18F3NO. The molecule has 2 rings (SSSR count). The van der Waals surface area contributed by atoms with Gasteiger partial charge in [0.2, 0.25) is 0 Å². The predicted octanol–water partition coefficient (Wildman–Crippen LogP) is 4.01. The first-order chi connectivity index (χ1) is 10.6. The minimum atomic E-state index is -0.732. The molecule has 118 valence electrons. The number of rotatable bonds is 7. The van der Waals surface area contributed by atoms with Crippen LogP contribution in [0.2, 0.25) is 0 Å². The van der Waals surface area contributed by atoms with E-state index in [-0.39, 0.29) is 24.1 Å². The summed E-state index contributed by atoms with van der Waals surface area (Å²) in [6.45, 7) is 0.583. The first kappa shape index (κ1) is 16.4. The summed E-state index contributed by atoms with van der Waals surface area (Å²) in [4.78, 5) is 0. The zero-order valence-corrected chi connectivity index (χ0v) is 12.1. The SMILES string of the molecule is NCC(CCCOc1ccc(F)cc1F)c1ccccc1F. The minimum absolute atomic E-state index is 0.0107. The largest absolute Gasteiger partial charge is 0.491 e. The van der Waals surface area contributed by atoms with E-state index < -0.39 is 11.6 Å². The van der Waals surface area contributed by atoms with E-state index in [9.17, 15) is 13.2 Å². The Morgan fingerprint density at radius 1 is 1.00 bits per heavy atom. The van der Waals surface area contributed by atoms with Crippen molar-refractivity contribution in [3.05, 3.63) is 65.5 Å². The second-order valence-electron chi connectivity index (χ2n) is 5.02. The summed E-state index contributed by atoms with van der Waals surface area (Å²) in [6.07, 6.45) is 1.22. The molecule has 0 saturated carbocycles. The van der Waals surface area contributed by atoms with E-state index in [1.807, 2.05) is 0 Å². The number of hydrogen-bond donors (Lipinski definition) is 1. The molecule has 0 radical (unpaired) electrons. The number of hydrogen-bond acceptors (Lipinski definition) is 2. The highest BCUT2D eigenvalue weighted by atomic mass is 19.1. The summed E-state index contributed by atoms with van der Waals surface area (Å²) in [7, 11) is 0. The Morgan fingerprint density at radius 3 is 2.45 bits per heavy atom. The van der Waals surface area contributed by atoms with Crippen LogP contribution in [-0.4, -0.2) is 13.2 Å². The van der Waals surface area contributed by atoms with Crippen molar-refractivity contribution in [2.75, 3.05) is 13.2 Å². The lowest BCUT2D eigenvalue weighted by molar-refractivity contribution is 0.286. The van der Waals surface area contributed by atoms with Crippen LogP contribution in [0, 0.1) is 17.5 Å².